The third-order valence-electron chi connectivity index (χ3n) is 2.95. The van der Waals surface area contributed by atoms with Crippen LogP contribution >= 0.6 is 0 Å². The minimum absolute atomic E-state index is 0.0758. The zero-order chi connectivity index (χ0) is 14.8. The van der Waals surface area contributed by atoms with Gasteiger partial charge in [0, 0.05) is 11.5 Å². The Kier molecular flexibility index (Phi) is 7.12. The molecule has 0 atom stereocenters. The molecule has 0 unspecified atom stereocenters. The number of aryl methyl sites for hydroxylation is 1. The average molecular weight is 294 g/mol. The largest absolute Gasteiger partial charge is 0.224 e. The molecule has 0 bridgehead atoms. The van der Waals surface area contributed by atoms with E-state index in [9.17, 15) is 8.42 Å². The van der Waals surface area contributed by atoms with E-state index in [0.717, 1.165) is 31.2 Å². The van der Waals surface area contributed by atoms with Crippen molar-refractivity contribution in [3.8, 4) is 0 Å². The van der Waals surface area contributed by atoms with E-state index in [1.54, 1.807) is 12.1 Å². The first-order valence-electron chi connectivity index (χ1n) is 6.68. The van der Waals surface area contributed by atoms with Crippen molar-refractivity contribution in [2.75, 3.05) is 12.3 Å². The van der Waals surface area contributed by atoms with Gasteiger partial charge in [0.2, 0.25) is 0 Å². The maximum atomic E-state index is 12.0. The molecule has 1 radical (unpaired) electrons. The second-order valence-corrected chi connectivity index (χ2v) is 6.72. The van der Waals surface area contributed by atoms with E-state index < -0.39 is 9.84 Å². The molecule has 1 aromatic rings. The molecular formula is C14H20N3O2S. The highest BCUT2D eigenvalue weighted by Gasteiger charge is 2.13. The molecule has 0 amide bonds. The molecule has 0 spiro atoms. The van der Waals surface area contributed by atoms with Crippen molar-refractivity contribution in [2.24, 2.45) is 5.11 Å². The van der Waals surface area contributed by atoms with Crippen LogP contribution in [0.4, 0.5) is 0 Å². The van der Waals surface area contributed by atoms with E-state index >= 15 is 0 Å². The maximum absolute atomic E-state index is 12.0. The first kappa shape index (κ1) is 16.5. The number of hydrogen-bond acceptors (Lipinski definition) is 3. The van der Waals surface area contributed by atoms with Crippen molar-refractivity contribution in [1.29, 1.82) is 0 Å². The van der Waals surface area contributed by atoms with E-state index in [4.69, 9.17) is 5.53 Å². The molecule has 109 valence electrons. The summed E-state index contributed by atoms with van der Waals surface area (Å²) in [4.78, 5) is 3.06. The second kappa shape index (κ2) is 8.61. The highest BCUT2D eigenvalue weighted by atomic mass is 32.2. The number of rotatable bonds is 9. The summed E-state index contributed by atoms with van der Waals surface area (Å²) in [6.45, 7) is 2.44. The maximum Gasteiger partial charge on any atom is 0.178 e. The highest BCUT2D eigenvalue weighted by molar-refractivity contribution is 7.91. The van der Waals surface area contributed by atoms with Crippen LogP contribution in [-0.2, 0) is 9.84 Å². The lowest BCUT2D eigenvalue weighted by molar-refractivity contribution is 0.596. The Morgan fingerprint density at radius 1 is 1.20 bits per heavy atom. The fourth-order valence-corrected chi connectivity index (χ4v) is 2.99. The molecule has 20 heavy (non-hydrogen) atoms. The van der Waals surface area contributed by atoms with Gasteiger partial charge in [-0.1, -0.05) is 35.7 Å². The van der Waals surface area contributed by atoms with Crippen LogP contribution in [0.25, 0.3) is 10.4 Å². The van der Waals surface area contributed by atoms with Crippen molar-refractivity contribution in [2.45, 2.75) is 37.5 Å². The Morgan fingerprint density at radius 3 is 2.55 bits per heavy atom. The lowest BCUT2D eigenvalue weighted by Gasteiger charge is -2.04. The van der Waals surface area contributed by atoms with E-state index in [2.05, 4.69) is 10.0 Å². The molecule has 0 saturated carbocycles. The van der Waals surface area contributed by atoms with Crippen LogP contribution < -0.4 is 0 Å². The first-order chi connectivity index (χ1) is 9.56. The molecule has 0 fully saturated rings. The summed E-state index contributed by atoms with van der Waals surface area (Å²) in [6.07, 6.45) is 5.29. The smallest absolute Gasteiger partial charge is 0.178 e. The molecule has 0 aliphatic rings. The number of unbranched alkanes of at least 4 members (excludes halogenated alkanes) is 4. The fourth-order valence-electron chi connectivity index (χ4n) is 1.77. The lowest BCUT2D eigenvalue weighted by Crippen LogP contribution is -2.07. The molecular weight excluding hydrogens is 274 g/mol. The van der Waals surface area contributed by atoms with Gasteiger partial charge in [0.1, 0.15) is 0 Å². The van der Waals surface area contributed by atoms with Crippen molar-refractivity contribution < 1.29 is 8.42 Å². The van der Waals surface area contributed by atoms with Crippen LogP contribution in [-0.4, -0.2) is 20.7 Å². The molecule has 1 aromatic carbocycles. The SMILES string of the molecule is Cc1ccc(S(=O)(=O)C[CH]CCCCCN=[N+]=[N-])cc1. The molecule has 0 saturated heterocycles. The summed E-state index contributed by atoms with van der Waals surface area (Å²) in [7, 11) is -3.20. The highest BCUT2D eigenvalue weighted by Crippen LogP contribution is 2.14. The normalized spacial score (nSPS) is 11.1. The monoisotopic (exact) mass is 294 g/mol. The van der Waals surface area contributed by atoms with E-state index in [1.165, 1.54) is 0 Å². The van der Waals surface area contributed by atoms with Crippen molar-refractivity contribution in [3.05, 3.63) is 46.7 Å². The third-order valence-corrected chi connectivity index (χ3v) is 4.61. The van der Waals surface area contributed by atoms with Crippen molar-refractivity contribution in [3.63, 3.8) is 0 Å². The van der Waals surface area contributed by atoms with Gasteiger partial charge < -0.3 is 0 Å². The van der Waals surface area contributed by atoms with Gasteiger partial charge in [0.25, 0.3) is 0 Å². The quantitative estimate of drug-likeness (QED) is 0.300. The van der Waals surface area contributed by atoms with Crippen LogP contribution in [0.2, 0.25) is 0 Å². The van der Waals surface area contributed by atoms with Crippen LogP contribution in [0.3, 0.4) is 0 Å². The number of benzene rings is 1. The summed E-state index contributed by atoms with van der Waals surface area (Å²) in [5.41, 5.74) is 9.16. The first-order valence-corrected chi connectivity index (χ1v) is 8.33. The standard InChI is InChI=1S/C14H20N3O2S/c1-13-7-9-14(10-8-13)20(18,19)12-6-4-2-3-5-11-16-17-15/h6-10H,2-5,11-12H2,1H3. The van der Waals surface area contributed by atoms with Gasteiger partial charge in [-0.25, -0.2) is 8.42 Å². The van der Waals surface area contributed by atoms with E-state index in [1.807, 2.05) is 25.5 Å². The van der Waals surface area contributed by atoms with Gasteiger partial charge in [0.05, 0.1) is 10.6 Å². The Hall–Kier alpha value is -1.52. The zero-order valence-electron chi connectivity index (χ0n) is 11.7. The predicted octanol–water partition coefficient (Wildman–Crippen LogP) is 3.84. The Labute approximate surface area is 120 Å². The van der Waals surface area contributed by atoms with Crippen molar-refractivity contribution in [1.82, 2.24) is 0 Å². The van der Waals surface area contributed by atoms with E-state index in [-0.39, 0.29) is 5.75 Å². The van der Waals surface area contributed by atoms with Crippen LogP contribution in [0.1, 0.15) is 31.2 Å². The average Bonchev–Trinajstić information content (AvgIpc) is 2.42. The van der Waals surface area contributed by atoms with Crippen LogP contribution in [0.15, 0.2) is 34.3 Å². The van der Waals surface area contributed by atoms with Crippen molar-refractivity contribution >= 4 is 9.84 Å². The third kappa shape index (κ3) is 6.08. The van der Waals surface area contributed by atoms with E-state index in [0.29, 0.717) is 11.4 Å². The van der Waals surface area contributed by atoms with Gasteiger partial charge >= 0.3 is 0 Å². The number of azide groups is 1. The number of nitrogens with zero attached hydrogens (tertiary/aromatic N) is 3. The summed E-state index contributed by atoms with van der Waals surface area (Å²) in [5, 5.41) is 3.45. The molecule has 0 aromatic heterocycles. The summed E-state index contributed by atoms with van der Waals surface area (Å²) in [6, 6.07) is 6.92. The molecule has 0 aliphatic carbocycles. The Balaban J connectivity index is 2.27. The van der Waals surface area contributed by atoms with Crippen LogP contribution in [0.5, 0.6) is 0 Å². The minimum atomic E-state index is -3.20. The molecule has 0 heterocycles. The molecule has 5 nitrogen and oxygen atoms in total. The topological polar surface area (TPSA) is 82.9 Å². The predicted molar refractivity (Wildman–Crippen MR) is 80.0 cm³/mol. The number of sulfone groups is 1. The lowest BCUT2D eigenvalue weighted by atomic mass is 10.2. The van der Waals surface area contributed by atoms with Gasteiger partial charge in [-0.3, -0.25) is 0 Å². The molecule has 6 heteroatoms. The zero-order valence-corrected chi connectivity index (χ0v) is 12.5. The van der Waals surface area contributed by atoms with Gasteiger partial charge in [-0.15, -0.1) is 0 Å². The molecule has 0 aliphatic heterocycles. The Morgan fingerprint density at radius 2 is 1.90 bits per heavy atom. The molecule has 0 N–H and O–H groups in total. The Bertz CT molecular complexity index is 546. The van der Waals surface area contributed by atoms with Gasteiger partial charge in [-0.2, -0.15) is 0 Å². The summed E-state index contributed by atoms with van der Waals surface area (Å²) in [5.74, 6) is 0.0758. The summed E-state index contributed by atoms with van der Waals surface area (Å²) < 4.78 is 24.1. The second-order valence-electron chi connectivity index (χ2n) is 4.69. The van der Waals surface area contributed by atoms with Gasteiger partial charge in [-0.05, 0) is 43.9 Å². The summed E-state index contributed by atoms with van der Waals surface area (Å²) >= 11 is 0. The number of hydrogen-bond donors (Lipinski definition) is 0. The fraction of sp³-hybridized carbons (Fsp3) is 0.500. The minimum Gasteiger partial charge on any atom is -0.224 e. The van der Waals surface area contributed by atoms with Gasteiger partial charge in [0.15, 0.2) is 9.84 Å². The van der Waals surface area contributed by atoms with Crippen LogP contribution in [0, 0.1) is 13.3 Å². The molecule has 1 rings (SSSR count).